The van der Waals surface area contributed by atoms with E-state index in [2.05, 4.69) is 38.5 Å². The first-order valence-electron chi connectivity index (χ1n) is 8.29. The summed E-state index contributed by atoms with van der Waals surface area (Å²) in [5.41, 5.74) is 2.43. The number of fused-ring (bicyclic) bond motifs is 1. The predicted molar refractivity (Wildman–Crippen MR) is 85.3 cm³/mol. The maximum Gasteiger partial charge on any atom is 0.123 e. The molecule has 23 heavy (non-hydrogen) atoms. The van der Waals surface area contributed by atoms with Gasteiger partial charge in [-0.25, -0.2) is 0 Å². The zero-order valence-electron chi connectivity index (χ0n) is 13.2. The zero-order chi connectivity index (χ0) is 15.7. The smallest absolute Gasteiger partial charge is 0.123 e. The molecule has 0 unspecified atom stereocenters. The Morgan fingerprint density at radius 1 is 1.39 bits per heavy atom. The van der Waals surface area contributed by atoms with Crippen LogP contribution >= 0.6 is 0 Å². The van der Waals surface area contributed by atoms with Crippen molar-refractivity contribution in [3.63, 3.8) is 0 Å². The Labute approximate surface area is 135 Å². The lowest BCUT2D eigenvalue weighted by Gasteiger charge is -2.38. The summed E-state index contributed by atoms with van der Waals surface area (Å²) in [7, 11) is 0. The first-order chi connectivity index (χ1) is 11.2. The molecule has 122 valence electrons. The molecule has 2 aliphatic heterocycles. The van der Waals surface area contributed by atoms with Crippen molar-refractivity contribution in [3.05, 3.63) is 41.2 Å². The predicted octanol–water partition coefficient (Wildman–Crippen LogP) is 1.27. The molecule has 1 aromatic carbocycles. The van der Waals surface area contributed by atoms with Gasteiger partial charge in [-0.1, -0.05) is 12.1 Å². The summed E-state index contributed by atoms with van der Waals surface area (Å²) in [6, 6.07) is 6.49. The summed E-state index contributed by atoms with van der Waals surface area (Å²) >= 11 is 0. The number of hydrogen-bond donors (Lipinski definition) is 2. The molecule has 3 heterocycles. The molecule has 2 N–H and O–H groups in total. The van der Waals surface area contributed by atoms with Crippen LogP contribution in [0.5, 0.6) is 5.75 Å². The van der Waals surface area contributed by atoms with Crippen LogP contribution in [0.3, 0.4) is 0 Å². The van der Waals surface area contributed by atoms with Gasteiger partial charge in [-0.2, -0.15) is 15.4 Å². The summed E-state index contributed by atoms with van der Waals surface area (Å²) in [4.78, 5) is 2.32. The number of ether oxygens (including phenoxy) is 1. The monoisotopic (exact) mass is 314 g/mol. The third-order valence-electron chi connectivity index (χ3n) is 4.91. The van der Waals surface area contributed by atoms with Crippen molar-refractivity contribution in [3.8, 4) is 5.75 Å². The molecule has 2 aliphatic rings. The number of benzene rings is 1. The van der Waals surface area contributed by atoms with Gasteiger partial charge in [-0.05, 0) is 43.0 Å². The number of aromatic amines is 1. The maximum absolute atomic E-state index is 10.8. The van der Waals surface area contributed by atoms with Crippen molar-refractivity contribution in [2.45, 2.75) is 31.3 Å². The van der Waals surface area contributed by atoms with Crippen molar-refractivity contribution in [1.29, 1.82) is 0 Å². The van der Waals surface area contributed by atoms with Crippen LogP contribution in [0.2, 0.25) is 0 Å². The van der Waals surface area contributed by atoms with Crippen LogP contribution in [-0.2, 0) is 18.4 Å². The average molecular weight is 314 g/mol. The van der Waals surface area contributed by atoms with Crippen molar-refractivity contribution in [1.82, 2.24) is 20.3 Å². The first-order valence-corrected chi connectivity index (χ1v) is 8.29. The molecular weight excluding hydrogens is 292 g/mol. The van der Waals surface area contributed by atoms with Crippen LogP contribution in [0.1, 0.15) is 29.7 Å². The van der Waals surface area contributed by atoms with E-state index in [1.807, 2.05) is 0 Å². The van der Waals surface area contributed by atoms with E-state index in [0.29, 0.717) is 12.2 Å². The van der Waals surface area contributed by atoms with E-state index in [1.54, 1.807) is 6.20 Å². The van der Waals surface area contributed by atoms with Gasteiger partial charge in [0, 0.05) is 19.5 Å². The van der Waals surface area contributed by atoms with E-state index in [0.717, 1.165) is 51.1 Å². The van der Waals surface area contributed by atoms with E-state index in [1.165, 1.54) is 11.1 Å². The molecule has 6 heteroatoms. The van der Waals surface area contributed by atoms with Gasteiger partial charge in [0.15, 0.2) is 0 Å². The van der Waals surface area contributed by atoms with E-state index in [9.17, 15) is 5.11 Å². The lowest BCUT2D eigenvalue weighted by molar-refractivity contribution is -0.0385. The number of aromatic nitrogens is 3. The second-order valence-corrected chi connectivity index (χ2v) is 6.56. The normalized spacial score (nSPS) is 24.4. The molecule has 0 saturated carbocycles. The van der Waals surface area contributed by atoms with Gasteiger partial charge in [0.1, 0.15) is 17.0 Å². The Morgan fingerprint density at radius 2 is 2.35 bits per heavy atom. The molecule has 0 aliphatic carbocycles. The molecule has 0 radical (unpaired) electrons. The maximum atomic E-state index is 10.8. The van der Waals surface area contributed by atoms with Crippen molar-refractivity contribution < 1.29 is 9.84 Å². The van der Waals surface area contributed by atoms with Crippen LogP contribution in [0.25, 0.3) is 0 Å². The number of nitrogens with zero attached hydrogens (tertiary/aromatic N) is 3. The number of hydrogen-bond acceptors (Lipinski definition) is 5. The van der Waals surface area contributed by atoms with Crippen LogP contribution < -0.4 is 4.74 Å². The highest BCUT2D eigenvalue weighted by atomic mass is 16.5. The summed E-state index contributed by atoms with van der Waals surface area (Å²) in [5.74, 6) is 1.03. The van der Waals surface area contributed by atoms with Crippen LogP contribution in [0, 0.1) is 0 Å². The van der Waals surface area contributed by atoms with Crippen LogP contribution in [0.4, 0.5) is 0 Å². The number of piperidine rings is 1. The molecular formula is C17H22N4O2. The highest BCUT2D eigenvalue weighted by Crippen LogP contribution is 2.30. The van der Waals surface area contributed by atoms with Crippen molar-refractivity contribution in [2.24, 2.45) is 0 Å². The Bertz CT molecular complexity index is 673. The van der Waals surface area contributed by atoms with E-state index in [4.69, 9.17) is 4.74 Å². The van der Waals surface area contributed by atoms with Crippen molar-refractivity contribution >= 4 is 0 Å². The third-order valence-corrected chi connectivity index (χ3v) is 4.91. The van der Waals surface area contributed by atoms with Gasteiger partial charge in [-0.15, -0.1) is 0 Å². The van der Waals surface area contributed by atoms with Crippen LogP contribution in [-0.4, -0.2) is 51.7 Å². The average Bonchev–Trinajstić information content (AvgIpc) is 3.24. The van der Waals surface area contributed by atoms with Gasteiger partial charge in [0.05, 0.1) is 12.8 Å². The first kappa shape index (κ1) is 14.7. The second kappa shape index (κ2) is 5.94. The molecule has 6 nitrogen and oxygen atoms in total. The minimum Gasteiger partial charge on any atom is -0.493 e. The third kappa shape index (κ3) is 2.96. The zero-order valence-corrected chi connectivity index (χ0v) is 13.2. The largest absolute Gasteiger partial charge is 0.493 e. The van der Waals surface area contributed by atoms with Gasteiger partial charge < -0.3 is 9.84 Å². The van der Waals surface area contributed by atoms with E-state index in [-0.39, 0.29) is 0 Å². The summed E-state index contributed by atoms with van der Waals surface area (Å²) in [6.07, 6.45) is 5.35. The number of β-amino-alcohol motifs (C(OH)–C–C–N with tert-alkyl or cyclic N) is 1. The molecule has 2 aromatic rings. The lowest BCUT2D eigenvalue weighted by atomic mass is 9.90. The SMILES string of the molecule is O[C@@]1(c2cn[nH]n2)CCCN(CCc2ccc3c(c2)CCO3)C1. The van der Waals surface area contributed by atoms with Crippen LogP contribution in [0.15, 0.2) is 24.4 Å². The number of aliphatic hydroxyl groups is 1. The van der Waals surface area contributed by atoms with Gasteiger partial charge in [0.2, 0.25) is 0 Å². The number of likely N-dealkylation sites (tertiary alicyclic amines) is 1. The number of H-pyrrole nitrogens is 1. The summed E-state index contributed by atoms with van der Waals surface area (Å²) in [5, 5.41) is 21.3. The molecule has 1 saturated heterocycles. The van der Waals surface area contributed by atoms with Gasteiger partial charge in [0.25, 0.3) is 0 Å². The van der Waals surface area contributed by atoms with Crippen molar-refractivity contribution in [2.75, 3.05) is 26.2 Å². The number of nitrogens with one attached hydrogen (secondary N) is 1. The highest BCUT2D eigenvalue weighted by molar-refractivity contribution is 5.39. The molecule has 1 fully saturated rings. The van der Waals surface area contributed by atoms with Gasteiger partial charge >= 0.3 is 0 Å². The topological polar surface area (TPSA) is 74.3 Å². The molecule has 4 rings (SSSR count). The molecule has 1 atom stereocenters. The lowest BCUT2D eigenvalue weighted by Crippen LogP contribution is -2.46. The standard InChI is InChI=1S/C17H22N4O2/c22-17(16-11-18-20-19-16)6-1-7-21(12-17)8-4-13-2-3-15-14(10-13)5-9-23-15/h2-3,10-11,22H,1,4-9,12H2,(H,18,19,20)/t17-/m0/s1. The van der Waals surface area contributed by atoms with E-state index >= 15 is 0 Å². The highest BCUT2D eigenvalue weighted by Gasteiger charge is 2.36. The summed E-state index contributed by atoms with van der Waals surface area (Å²) in [6.45, 7) is 3.39. The Hall–Kier alpha value is -1.92. The Kier molecular flexibility index (Phi) is 3.79. The Morgan fingerprint density at radius 3 is 3.22 bits per heavy atom. The van der Waals surface area contributed by atoms with E-state index < -0.39 is 5.60 Å². The summed E-state index contributed by atoms with van der Waals surface area (Å²) < 4.78 is 5.56. The fourth-order valence-electron chi connectivity index (χ4n) is 3.63. The fourth-order valence-corrected chi connectivity index (χ4v) is 3.63. The molecule has 0 spiro atoms. The quantitative estimate of drug-likeness (QED) is 0.889. The fraction of sp³-hybridized carbons (Fsp3) is 0.529. The molecule has 0 amide bonds. The Balaban J connectivity index is 1.39. The molecule has 0 bridgehead atoms. The van der Waals surface area contributed by atoms with Gasteiger partial charge in [-0.3, -0.25) is 4.90 Å². The minimum atomic E-state index is -0.878. The minimum absolute atomic E-state index is 0.619. The molecule has 1 aromatic heterocycles. The second-order valence-electron chi connectivity index (χ2n) is 6.56. The number of rotatable bonds is 4.